The molecule has 0 radical (unpaired) electrons. The molecule has 21 heavy (non-hydrogen) atoms. The minimum Gasteiger partial charge on any atom is -0.325 e. The van der Waals surface area contributed by atoms with E-state index in [-0.39, 0.29) is 5.75 Å². The van der Waals surface area contributed by atoms with Gasteiger partial charge in [0, 0.05) is 10.7 Å². The van der Waals surface area contributed by atoms with Crippen molar-refractivity contribution < 1.29 is 13.2 Å². The second-order valence-corrected chi connectivity index (χ2v) is 7.07. The molecule has 1 amide bonds. The first kappa shape index (κ1) is 15.5. The number of benzene rings is 2. The Morgan fingerprint density at radius 3 is 2.24 bits per heavy atom. The van der Waals surface area contributed by atoms with Crippen LogP contribution in [0.5, 0.6) is 0 Å². The Bertz CT molecular complexity index is 712. The molecule has 0 saturated heterocycles. The van der Waals surface area contributed by atoms with Crippen molar-refractivity contribution in [2.75, 3.05) is 11.1 Å². The number of hydrogen-bond acceptors (Lipinski definition) is 3. The van der Waals surface area contributed by atoms with Crippen molar-refractivity contribution >= 4 is 33.0 Å². The molecule has 0 aliphatic carbocycles. The van der Waals surface area contributed by atoms with Gasteiger partial charge in [0.15, 0.2) is 9.84 Å². The van der Waals surface area contributed by atoms with Crippen LogP contribution >= 0.6 is 11.6 Å². The highest BCUT2D eigenvalue weighted by Crippen LogP contribution is 2.13. The summed E-state index contributed by atoms with van der Waals surface area (Å²) in [6, 6.07) is 15.2. The molecule has 2 aromatic rings. The molecule has 4 nitrogen and oxygen atoms in total. The second-order valence-electron chi connectivity index (χ2n) is 4.57. The van der Waals surface area contributed by atoms with Gasteiger partial charge in [0.05, 0.1) is 5.75 Å². The summed E-state index contributed by atoms with van der Waals surface area (Å²) in [5, 5.41) is 3.09. The standard InChI is InChI=1S/C15H14ClNO3S/c16-13-8-6-12(7-9-13)10-21(19,20)11-15(18)17-14-4-2-1-3-5-14/h1-9H,10-11H2,(H,17,18). The van der Waals surface area contributed by atoms with Gasteiger partial charge in [0.25, 0.3) is 0 Å². The average Bonchev–Trinajstić information content (AvgIpc) is 2.41. The minimum atomic E-state index is -3.52. The molecule has 110 valence electrons. The molecular weight excluding hydrogens is 310 g/mol. The number of sulfone groups is 1. The third-order valence-corrected chi connectivity index (χ3v) is 4.44. The van der Waals surface area contributed by atoms with Gasteiger partial charge in [-0.15, -0.1) is 0 Å². The van der Waals surface area contributed by atoms with Gasteiger partial charge in [-0.05, 0) is 29.8 Å². The van der Waals surface area contributed by atoms with E-state index in [4.69, 9.17) is 11.6 Å². The third-order valence-electron chi connectivity index (χ3n) is 2.71. The quantitative estimate of drug-likeness (QED) is 0.920. The largest absolute Gasteiger partial charge is 0.325 e. The van der Waals surface area contributed by atoms with E-state index in [1.54, 1.807) is 48.5 Å². The molecule has 2 rings (SSSR count). The Kier molecular flexibility index (Phi) is 4.98. The van der Waals surface area contributed by atoms with E-state index in [9.17, 15) is 13.2 Å². The molecule has 0 bridgehead atoms. The molecule has 6 heteroatoms. The molecule has 0 aliphatic rings. The molecule has 2 aromatic carbocycles. The summed E-state index contributed by atoms with van der Waals surface area (Å²) >= 11 is 5.74. The maximum atomic E-state index is 12.0. The van der Waals surface area contributed by atoms with Crippen LogP contribution in [0.25, 0.3) is 0 Å². The summed E-state index contributed by atoms with van der Waals surface area (Å²) in [5.41, 5.74) is 1.18. The van der Waals surface area contributed by atoms with Crippen LogP contribution < -0.4 is 5.32 Å². The predicted molar refractivity (Wildman–Crippen MR) is 84.0 cm³/mol. The van der Waals surface area contributed by atoms with E-state index in [2.05, 4.69) is 5.32 Å². The van der Waals surface area contributed by atoms with Crippen LogP contribution in [0.3, 0.4) is 0 Å². The van der Waals surface area contributed by atoms with Gasteiger partial charge in [0.2, 0.25) is 5.91 Å². The van der Waals surface area contributed by atoms with Crippen molar-refractivity contribution in [3.63, 3.8) is 0 Å². The third kappa shape index (κ3) is 5.21. The van der Waals surface area contributed by atoms with Gasteiger partial charge in [-0.3, -0.25) is 4.79 Å². The van der Waals surface area contributed by atoms with Crippen LogP contribution in [0, 0.1) is 0 Å². The number of hydrogen-bond donors (Lipinski definition) is 1. The lowest BCUT2D eigenvalue weighted by atomic mass is 10.2. The average molecular weight is 324 g/mol. The molecule has 0 saturated carbocycles. The zero-order valence-electron chi connectivity index (χ0n) is 11.1. The molecule has 0 spiro atoms. The number of para-hydroxylation sites is 1. The van der Waals surface area contributed by atoms with Crippen molar-refractivity contribution in [1.82, 2.24) is 0 Å². The maximum absolute atomic E-state index is 12.0. The summed E-state index contributed by atoms with van der Waals surface area (Å²) in [4.78, 5) is 11.8. The summed E-state index contributed by atoms with van der Waals surface area (Å²) in [7, 11) is -3.52. The van der Waals surface area contributed by atoms with E-state index in [1.807, 2.05) is 6.07 Å². The topological polar surface area (TPSA) is 63.2 Å². The molecule has 1 N–H and O–H groups in total. The predicted octanol–water partition coefficient (Wildman–Crippen LogP) is 2.89. The number of carbonyl (C=O) groups is 1. The van der Waals surface area contributed by atoms with E-state index in [0.717, 1.165) is 0 Å². The SMILES string of the molecule is O=C(CS(=O)(=O)Cc1ccc(Cl)cc1)Nc1ccccc1. The van der Waals surface area contributed by atoms with E-state index in [0.29, 0.717) is 16.3 Å². The summed E-state index contributed by atoms with van der Waals surface area (Å²) < 4.78 is 24.0. The van der Waals surface area contributed by atoms with Gasteiger partial charge in [-0.2, -0.15) is 0 Å². The van der Waals surface area contributed by atoms with Crippen molar-refractivity contribution in [2.45, 2.75) is 5.75 Å². The second kappa shape index (κ2) is 6.74. The van der Waals surface area contributed by atoms with Crippen LogP contribution in [0.1, 0.15) is 5.56 Å². The Balaban J connectivity index is 1.97. The van der Waals surface area contributed by atoms with Crippen LogP contribution in [0.4, 0.5) is 5.69 Å². The van der Waals surface area contributed by atoms with Gasteiger partial charge in [0.1, 0.15) is 5.75 Å². The van der Waals surface area contributed by atoms with Gasteiger partial charge in [-0.1, -0.05) is 41.9 Å². The smallest absolute Gasteiger partial charge is 0.239 e. The molecular formula is C15H14ClNO3S. The van der Waals surface area contributed by atoms with Crippen molar-refractivity contribution in [1.29, 1.82) is 0 Å². The van der Waals surface area contributed by atoms with Crippen LogP contribution in [0.2, 0.25) is 5.02 Å². The lowest BCUT2D eigenvalue weighted by Crippen LogP contribution is -2.23. The summed E-state index contributed by atoms with van der Waals surface area (Å²) in [6.07, 6.45) is 0. The summed E-state index contributed by atoms with van der Waals surface area (Å²) in [6.45, 7) is 0. The number of nitrogens with one attached hydrogen (secondary N) is 1. The van der Waals surface area contributed by atoms with Crippen molar-refractivity contribution in [3.8, 4) is 0 Å². The van der Waals surface area contributed by atoms with Crippen LogP contribution in [-0.2, 0) is 20.4 Å². The highest BCUT2D eigenvalue weighted by molar-refractivity contribution is 7.91. The Morgan fingerprint density at radius 1 is 1.00 bits per heavy atom. The van der Waals surface area contributed by atoms with Gasteiger partial charge >= 0.3 is 0 Å². The summed E-state index contributed by atoms with van der Waals surface area (Å²) in [5.74, 6) is -1.29. The lowest BCUT2D eigenvalue weighted by Gasteiger charge is -2.06. The van der Waals surface area contributed by atoms with Crippen LogP contribution in [-0.4, -0.2) is 20.1 Å². The first-order valence-electron chi connectivity index (χ1n) is 6.24. The molecule has 0 atom stereocenters. The monoisotopic (exact) mass is 323 g/mol. The van der Waals surface area contributed by atoms with E-state index in [1.165, 1.54) is 0 Å². The Hall–Kier alpha value is -1.85. The highest BCUT2D eigenvalue weighted by atomic mass is 35.5. The number of amides is 1. The van der Waals surface area contributed by atoms with E-state index >= 15 is 0 Å². The molecule has 0 heterocycles. The number of carbonyl (C=O) groups excluding carboxylic acids is 1. The number of halogens is 1. The highest BCUT2D eigenvalue weighted by Gasteiger charge is 2.17. The zero-order chi connectivity index (χ0) is 15.3. The minimum absolute atomic E-state index is 0.188. The van der Waals surface area contributed by atoms with Crippen molar-refractivity contribution in [2.24, 2.45) is 0 Å². The van der Waals surface area contributed by atoms with Crippen molar-refractivity contribution in [3.05, 3.63) is 65.2 Å². The van der Waals surface area contributed by atoms with E-state index < -0.39 is 21.5 Å². The van der Waals surface area contributed by atoms with Crippen LogP contribution in [0.15, 0.2) is 54.6 Å². The fourth-order valence-electron chi connectivity index (χ4n) is 1.80. The zero-order valence-corrected chi connectivity index (χ0v) is 12.7. The fourth-order valence-corrected chi connectivity index (χ4v) is 3.20. The lowest BCUT2D eigenvalue weighted by molar-refractivity contribution is -0.113. The van der Waals surface area contributed by atoms with Gasteiger partial charge in [-0.25, -0.2) is 8.42 Å². The molecule has 0 aliphatic heterocycles. The first-order chi connectivity index (χ1) is 9.94. The first-order valence-corrected chi connectivity index (χ1v) is 8.44. The normalized spacial score (nSPS) is 11.1. The molecule has 0 unspecified atom stereocenters. The molecule has 0 fully saturated rings. The fraction of sp³-hybridized carbons (Fsp3) is 0.133. The number of rotatable bonds is 5. The number of anilines is 1. The Morgan fingerprint density at radius 2 is 1.62 bits per heavy atom. The maximum Gasteiger partial charge on any atom is 0.239 e. The Labute approximate surface area is 128 Å². The molecule has 0 aromatic heterocycles. The van der Waals surface area contributed by atoms with Gasteiger partial charge < -0.3 is 5.32 Å².